The summed E-state index contributed by atoms with van der Waals surface area (Å²) in [6, 6.07) is 12.7. The highest BCUT2D eigenvalue weighted by Gasteiger charge is 2.28. The number of nitrogens with zero attached hydrogens (tertiary/aromatic N) is 2. The van der Waals surface area contributed by atoms with E-state index in [0.29, 0.717) is 45.1 Å². The Labute approximate surface area is 203 Å². The first-order valence-corrected chi connectivity index (χ1v) is 12.6. The lowest BCUT2D eigenvalue weighted by molar-refractivity contribution is -0.120. The first-order chi connectivity index (χ1) is 16.4. The van der Waals surface area contributed by atoms with Crippen molar-refractivity contribution < 1.29 is 14.3 Å². The fourth-order valence-electron chi connectivity index (χ4n) is 4.57. The Morgan fingerprint density at radius 3 is 2.65 bits per heavy atom. The smallest absolute Gasteiger partial charge is 0.266 e. The minimum absolute atomic E-state index is 0.0442. The van der Waals surface area contributed by atoms with Gasteiger partial charge in [-0.2, -0.15) is 0 Å². The second-order valence-electron chi connectivity index (χ2n) is 8.82. The van der Waals surface area contributed by atoms with Gasteiger partial charge in [0.2, 0.25) is 5.91 Å². The molecule has 1 aliphatic rings. The van der Waals surface area contributed by atoms with Crippen molar-refractivity contribution in [2.45, 2.75) is 44.3 Å². The molecule has 34 heavy (non-hydrogen) atoms. The van der Waals surface area contributed by atoms with Crippen molar-refractivity contribution >= 4 is 28.6 Å². The number of para-hydroxylation sites is 1. The van der Waals surface area contributed by atoms with Gasteiger partial charge in [-0.3, -0.25) is 14.2 Å². The third kappa shape index (κ3) is 4.92. The molecule has 1 saturated carbocycles. The van der Waals surface area contributed by atoms with E-state index in [2.05, 4.69) is 19.2 Å². The van der Waals surface area contributed by atoms with Gasteiger partial charge in [0.15, 0.2) is 16.7 Å². The number of ether oxygens (including phenoxy) is 2. The van der Waals surface area contributed by atoms with E-state index >= 15 is 0 Å². The normalized spacial score (nSPS) is 20.2. The van der Waals surface area contributed by atoms with Crippen LogP contribution in [-0.4, -0.2) is 41.5 Å². The van der Waals surface area contributed by atoms with E-state index in [-0.39, 0.29) is 23.3 Å². The molecule has 0 unspecified atom stereocenters. The van der Waals surface area contributed by atoms with Gasteiger partial charge in [0.05, 0.1) is 36.6 Å². The lowest BCUT2D eigenvalue weighted by Crippen LogP contribution is -2.44. The van der Waals surface area contributed by atoms with Crippen LogP contribution in [0.1, 0.15) is 33.1 Å². The van der Waals surface area contributed by atoms with Crippen molar-refractivity contribution in [3.05, 3.63) is 52.8 Å². The van der Waals surface area contributed by atoms with E-state index in [4.69, 9.17) is 14.5 Å². The number of carbonyl (C=O) groups excluding carboxylic acids is 1. The predicted molar refractivity (Wildman–Crippen MR) is 135 cm³/mol. The molecule has 7 nitrogen and oxygen atoms in total. The molecule has 4 rings (SSSR count). The van der Waals surface area contributed by atoms with E-state index in [0.717, 1.165) is 12.8 Å². The van der Waals surface area contributed by atoms with E-state index < -0.39 is 0 Å². The maximum Gasteiger partial charge on any atom is 0.266 e. The summed E-state index contributed by atoms with van der Waals surface area (Å²) in [6.45, 7) is 4.46. The van der Waals surface area contributed by atoms with Gasteiger partial charge in [0, 0.05) is 12.1 Å². The van der Waals surface area contributed by atoms with Gasteiger partial charge >= 0.3 is 0 Å². The zero-order chi connectivity index (χ0) is 24.2. The molecule has 3 atom stereocenters. The Hall–Kier alpha value is -3.00. The molecule has 180 valence electrons. The Kier molecular flexibility index (Phi) is 7.46. The third-order valence-electron chi connectivity index (χ3n) is 6.76. The average molecular weight is 482 g/mol. The quantitative estimate of drug-likeness (QED) is 0.397. The minimum atomic E-state index is -0.199. The van der Waals surface area contributed by atoms with Crippen LogP contribution >= 0.6 is 11.8 Å². The highest BCUT2D eigenvalue weighted by Crippen LogP contribution is 2.31. The highest BCUT2D eigenvalue weighted by molar-refractivity contribution is 7.99. The van der Waals surface area contributed by atoms with Crippen molar-refractivity contribution in [3.8, 4) is 17.2 Å². The molecule has 1 N–H and O–H groups in total. The largest absolute Gasteiger partial charge is 0.493 e. The zero-order valence-electron chi connectivity index (χ0n) is 20.0. The van der Waals surface area contributed by atoms with Crippen LogP contribution in [0, 0.1) is 11.8 Å². The SMILES string of the molecule is COc1ccc(-n2c(SCC(=O)N[C@@H]3CCC[C@H](C)[C@H]3C)nc3ccccc3c2=O)cc1OC. The second kappa shape index (κ2) is 10.5. The number of nitrogens with one attached hydrogen (secondary N) is 1. The van der Waals surface area contributed by atoms with Gasteiger partial charge in [-0.1, -0.05) is 50.6 Å². The molecule has 1 aliphatic carbocycles. The van der Waals surface area contributed by atoms with E-state index in [1.807, 2.05) is 18.2 Å². The van der Waals surface area contributed by atoms with Crippen LogP contribution in [0.4, 0.5) is 0 Å². The van der Waals surface area contributed by atoms with Crippen molar-refractivity contribution in [1.82, 2.24) is 14.9 Å². The molecule has 8 heteroatoms. The van der Waals surface area contributed by atoms with Crippen LogP contribution in [0.15, 0.2) is 52.4 Å². The maximum absolute atomic E-state index is 13.5. The van der Waals surface area contributed by atoms with Crippen LogP contribution in [-0.2, 0) is 4.79 Å². The summed E-state index contributed by atoms with van der Waals surface area (Å²) in [5.74, 6) is 2.26. The van der Waals surface area contributed by atoms with Crippen LogP contribution in [0.3, 0.4) is 0 Å². The molecule has 0 saturated heterocycles. The topological polar surface area (TPSA) is 82.5 Å². The van der Waals surface area contributed by atoms with Gasteiger partial charge < -0.3 is 14.8 Å². The zero-order valence-corrected chi connectivity index (χ0v) is 20.9. The second-order valence-corrected chi connectivity index (χ2v) is 9.76. The number of carbonyl (C=O) groups is 1. The molecular formula is C26H31N3O4S. The number of amides is 1. The van der Waals surface area contributed by atoms with Crippen LogP contribution in [0.25, 0.3) is 16.6 Å². The summed E-state index contributed by atoms with van der Waals surface area (Å²) in [5.41, 5.74) is 0.996. The molecular weight excluding hydrogens is 450 g/mol. The number of hydrogen-bond donors (Lipinski definition) is 1. The third-order valence-corrected chi connectivity index (χ3v) is 7.69. The maximum atomic E-state index is 13.5. The Balaban J connectivity index is 1.65. The standard InChI is InChI=1S/C26H31N3O4S/c1-16-8-7-11-20(17(16)2)27-24(30)15-34-26-28-21-10-6-5-9-19(21)25(31)29(26)18-12-13-22(32-3)23(14-18)33-4/h5-6,9-10,12-14,16-17,20H,7-8,11,15H2,1-4H3,(H,27,30)/t16-,17+,20+/m0/s1. The van der Waals surface area contributed by atoms with Gasteiger partial charge in [0.25, 0.3) is 5.56 Å². The fraction of sp³-hybridized carbons (Fsp3) is 0.423. The Bertz CT molecular complexity index is 1240. The van der Waals surface area contributed by atoms with Crippen LogP contribution in [0.2, 0.25) is 0 Å². The lowest BCUT2D eigenvalue weighted by atomic mass is 9.78. The number of rotatable bonds is 7. The van der Waals surface area contributed by atoms with Crippen molar-refractivity contribution in [3.63, 3.8) is 0 Å². The van der Waals surface area contributed by atoms with E-state index in [9.17, 15) is 9.59 Å². The van der Waals surface area contributed by atoms with Crippen molar-refractivity contribution in [2.24, 2.45) is 11.8 Å². The Morgan fingerprint density at radius 1 is 1.12 bits per heavy atom. The van der Waals surface area contributed by atoms with Crippen molar-refractivity contribution in [2.75, 3.05) is 20.0 Å². The molecule has 0 spiro atoms. The van der Waals surface area contributed by atoms with E-state index in [1.54, 1.807) is 38.5 Å². The predicted octanol–water partition coefficient (Wildman–Crippen LogP) is 4.44. The van der Waals surface area contributed by atoms with Gasteiger partial charge in [-0.15, -0.1) is 0 Å². The summed E-state index contributed by atoms with van der Waals surface area (Å²) in [7, 11) is 3.12. The number of hydrogen-bond acceptors (Lipinski definition) is 6. The summed E-state index contributed by atoms with van der Waals surface area (Å²) in [4.78, 5) is 31.0. The molecule has 1 fully saturated rings. The fourth-order valence-corrected chi connectivity index (χ4v) is 5.39. The van der Waals surface area contributed by atoms with Gasteiger partial charge in [-0.05, 0) is 42.5 Å². The van der Waals surface area contributed by atoms with E-state index in [1.165, 1.54) is 22.7 Å². The molecule has 3 aromatic rings. The number of fused-ring (bicyclic) bond motifs is 1. The first kappa shape index (κ1) is 24.1. The monoisotopic (exact) mass is 481 g/mol. The summed E-state index contributed by atoms with van der Waals surface area (Å²) >= 11 is 1.26. The summed E-state index contributed by atoms with van der Waals surface area (Å²) < 4.78 is 12.3. The first-order valence-electron chi connectivity index (χ1n) is 11.6. The minimum Gasteiger partial charge on any atom is -0.493 e. The number of methoxy groups -OCH3 is 2. The molecule has 1 amide bonds. The molecule has 0 aliphatic heterocycles. The lowest BCUT2D eigenvalue weighted by Gasteiger charge is -2.34. The Morgan fingerprint density at radius 2 is 1.88 bits per heavy atom. The number of aromatic nitrogens is 2. The van der Waals surface area contributed by atoms with Crippen molar-refractivity contribution in [1.29, 1.82) is 0 Å². The number of thioether (sulfide) groups is 1. The molecule has 0 radical (unpaired) electrons. The molecule has 1 aromatic heterocycles. The van der Waals surface area contributed by atoms with Crippen LogP contribution in [0.5, 0.6) is 11.5 Å². The van der Waals surface area contributed by atoms with Crippen LogP contribution < -0.4 is 20.3 Å². The molecule has 0 bridgehead atoms. The number of benzene rings is 2. The molecule has 1 heterocycles. The molecule has 2 aromatic carbocycles. The van der Waals surface area contributed by atoms with Gasteiger partial charge in [-0.25, -0.2) is 4.98 Å². The average Bonchev–Trinajstić information content (AvgIpc) is 2.85. The highest BCUT2D eigenvalue weighted by atomic mass is 32.2. The summed E-state index contributed by atoms with van der Waals surface area (Å²) in [6.07, 6.45) is 3.35. The van der Waals surface area contributed by atoms with Gasteiger partial charge in [0.1, 0.15) is 0 Å². The summed E-state index contributed by atoms with van der Waals surface area (Å²) in [5, 5.41) is 4.17.